The van der Waals surface area contributed by atoms with E-state index in [1.165, 1.54) is 37.8 Å². The molecule has 1 amide bonds. The Hall–Kier alpha value is 0.0800. The molecule has 4 nitrogen and oxygen atoms in total. The molecule has 1 aromatic rings. The molecule has 24 heavy (non-hydrogen) atoms. The van der Waals surface area contributed by atoms with Gasteiger partial charge in [-0.1, -0.05) is 45.1 Å². The predicted octanol–water partition coefficient (Wildman–Crippen LogP) is 5.35. The minimum Gasteiger partial charge on any atom is -0.352 e. The molecule has 0 aliphatic heterocycles. The van der Waals surface area contributed by atoms with Gasteiger partial charge in [0.1, 0.15) is 0 Å². The number of benzene rings is 1. The van der Waals surface area contributed by atoms with Crippen molar-refractivity contribution in [2.75, 3.05) is 6.54 Å². The molecular formula is C16H22Br3NO3S. The van der Waals surface area contributed by atoms with E-state index in [2.05, 4.69) is 60.0 Å². The summed E-state index contributed by atoms with van der Waals surface area (Å²) < 4.78 is 23.2. The highest BCUT2D eigenvalue weighted by Crippen LogP contribution is 2.43. The van der Waals surface area contributed by atoms with Crippen molar-refractivity contribution in [3.63, 3.8) is 0 Å². The van der Waals surface area contributed by atoms with Gasteiger partial charge in [0, 0.05) is 12.1 Å². The highest BCUT2D eigenvalue weighted by Gasteiger charge is 2.37. The molecule has 0 atom stereocenters. The van der Waals surface area contributed by atoms with Crippen molar-refractivity contribution >= 4 is 63.5 Å². The molecule has 0 spiro atoms. The van der Waals surface area contributed by atoms with Crippen LogP contribution in [0.3, 0.4) is 0 Å². The van der Waals surface area contributed by atoms with Crippen LogP contribution in [-0.4, -0.2) is 22.3 Å². The van der Waals surface area contributed by atoms with Gasteiger partial charge < -0.3 is 5.32 Å². The molecule has 0 aliphatic carbocycles. The number of amides is 1. The Morgan fingerprint density at radius 3 is 2.33 bits per heavy atom. The Bertz CT molecular complexity index is 642. The summed E-state index contributed by atoms with van der Waals surface area (Å²) >= 11 is 9.06. The second-order valence-electron chi connectivity index (χ2n) is 5.50. The molecule has 8 heteroatoms. The zero-order valence-corrected chi connectivity index (χ0v) is 19.1. The largest absolute Gasteiger partial charge is 0.352 e. The van der Waals surface area contributed by atoms with Crippen LogP contribution in [0.25, 0.3) is 0 Å². The summed E-state index contributed by atoms with van der Waals surface area (Å²) in [6.07, 6.45) is 6.91. The van der Waals surface area contributed by atoms with Crippen LogP contribution < -0.4 is 5.32 Å². The summed E-state index contributed by atoms with van der Waals surface area (Å²) in [5, 5.41) is 2.84. The van der Waals surface area contributed by atoms with Crippen LogP contribution in [0.4, 0.5) is 0 Å². The van der Waals surface area contributed by atoms with E-state index in [0.717, 1.165) is 12.8 Å². The lowest BCUT2D eigenvalue weighted by Gasteiger charge is -2.14. The third kappa shape index (κ3) is 6.77. The summed E-state index contributed by atoms with van der Waals surface area (Å²) in [6.45, 7) is 2.78. The topological polar surface area (TPSA) is 63.2 Å². The zero-order valence-electron chi connectivity index (χ0n) is 13.5. The van der Waals surface area contributed by atoms with Crippen LogP contribution in [-0.2, 0) is 9.84 Å². The summed E-state index contributed by atoms with van der Waals surface area (Å²) in [4.78, 5) is 12.2. The first kappa shape index (κ1) is 22.1. The number of rotatable bonds is 9. The number of nitrogens with one attached hydrogen (secondary N) is 1. The third-order valence-corrected chi connectivity index (χ3v) is 8.85. The molecule has 136 valence electrons. The lowest BCUT2D eigenvalue weighted by molar-refractivity contribution is 0.0952. The first-order chi connectivity index (χ1) is 11.2. The molecule has 1 N–H and O–H groups in total. The lowest BCUT2D eigenvalue weighted by atomic mass is 10.1. The van der Waals surface area contributed by atoms with E-state index in [4.69, 9.17) is 0 Å². The smallest absolute Gasteiger partial charge is 0.251 e. The van der Waals surface area contributed by atoms with E-state index in [0.29, 0.717) is 12.1 Å². The van der Waals surface area contributed by atoms with E-state index in [1.807, 2.05) is 0 Å². The van der Waals surface area contributed by atoms with Crippen molar-refractivity contribution in [2.45, 2.75) is 51.8 Å². The summed E-state index contributed by atoms with van der Waals surface area (Å²) in [5.41, 5.74) is 0.332. The van der Waals surface area contributed by atoms with Crippen LogP contribution in [0.5, 0.6) is 0 Å². The Morgan fingerprint density at radius 2 is 1.71 bits per heavy atom. The first-order valence-corrected chi connectivity index (χ1v) is 11.8. The maximum absolute atomic E-state index is 12.3. The average molecular weight is 548 g/mol. The Kier molecular flexibility index (Phi) is 9.48. The van der Waals surface area contributed by atoms with Gasteiger partial charge in [-0.25, -0.2) is 8.42 Å². The number of unbranched alkanes of at least 4 members (excludes halogenated alkanes) is 5. The highest BCUT2D eigenvalue weighted by atomic mass is 80.0. The maximum atomic E-state index is 12.3. The molecule has 0 aliphatic rings. The van der Waals surface area contributed by atoms with Crippen molar-refractivity contribution in [1.82, 2.24) is 5.32 Å². The lowest BCUT2D eigenvalue weighted by Crippen LogP contribution is -2.25. The number of hydrogen-bond acceptors (Lipinski definition) is 3. The Balaban J connectivity index is 2.59. The fourth-order valence-corrected chi connectivity index (χ4v) is 4.64. The normalized spacial score (nSPS) is 12.2. The zero-order chi connectivity index (χ0) is 18.2. The van der Waals surface area contributed by atoms with Gasteiger partial charge in [0.15, 0.2) is 0 Å². The molecule has 0 heterocycles. The molecule has 1 aromatic carbocycles. The molecule has 0 radical (unpaired) electrons. The summed E-state index contributed by atoms with van der Waals surface area (Å²) in [7, 11) is -3.70. The standard InChI is InChI=1S/C16H22Br3NO3S/c1-2-3-4-5-6-7-11-20-15(21)13-9-8-10-14(12-13)24(22,23)16(17,18)19/h8-10,12H,2-7,11H2,1H3,(H,20,21). The Labute approximate surface area is 169 Å². The SMILES string of the molecule is CCCCCCCCNC(=O)c1cccc(S(=O)(=O)C(Br)(Br)Br)c1. The van der Waals surface area contributed by atoms with Crippen molar-refractivity contribution in [1.29, 1.82) is 0 Å². The van der Waals surface area contributed by atoms with E-state index >= 15 is 0 Å². The number of carbonyl (C=O) groups is 1. The van der Waals surface area contributed by atoms with E-state index < -0.39 is 11.3 Å². The molecular weight excluding hydrogens is 526 g/mol. The van der Waals surface area contributed by atoms with Crippen molar-refractivity contribution in [3.8, 4) is 0 Å². The molecule has 0 saturated carbocycles. The van der Waals surface area contributed by atoms with Crippen molar-refractivity contribution in [2.24, 2.45) is 0 Å². The van der Waals surface area contributed by atoms with Crippen molar-refractivity contribution in [3.05, 3.63) is 29.8 Å². The molecule has 0 aromatic heterocycles. The number of sulfone groups is 1. The van der Waals surface area contributed by atoms with E-state index in [1.54, 1.807) is 12.1 Å². The van der Waals surface area contributed by atoms with Crippen LogP contribution in [0.1, 0.15) is 55.8 Å². The van der Waals surface area contributed by atoms with Gasteiger partial charge in [-0.2, -0.15) is 0 Å². The van der Waals surface area contributed by atoms with E-state index in [-0.39, 0.29) is 10.8 Å². The van der Waals surface area contributed by atoms with Gasteiger partial charge in [-0.15, -0.1) is 0 Å². The average Bonchev–Trinajstić information content (AvgIpc) is 2.53. The third-order valence-electron chi connectivity index (χ3n) is 3.53. The number of alkyl halides is 3. The molecule has 1 rings (SSSR count). The summed E-state index contributed by atoms with van der Waals surface area (Å²) in [6, 6.07) is 6.00. The van der Waals surface area contributed by atoms with E-state index in [9.17, 15) is 13.2 Å². The van der Waals surface area contributed by atoms with Gasteiger partial charge in [0.05, 0.1) is 4.90 Å². The van der Waals surface area contributed by atoms with Gasteiger partial charge in [0.25, 0.3) is 5.91 Å². The quantitative estimate of drug-likeness (QED) is 0.335. The second-order valence-corrected chi connectivity index (χ2v) is 15.9. The minimum atomic E-state index is -3.70. The number of hydrogen-bond donors (Lipinski definition) is 1. The first-order valence-electron chi connectivity index (χ1n) is 7.89. The fraction of sp³-hybridized carbons (Fsp3) is 0.562. The van der Waals surface area contributed by atoms with Crippen LogP contribution >= 0.6 is 47.8 Å². The Morgan fingerprint density at radius 1 is 1.08 bits per heavy atom. The van der Waals surface area contributed by atoms with Gasteiger partial charge in [-0.3, -0.25) is 4.79 Å². The monoisotopic (exact) mass is 545 g/mol. The summed E-state index contributed by atoms with van der Waals surface area (Å²) in [5.74, 6) is -0.259. The molecule has 0 fully saturated rings. The molecule has 0 unspecified atom stereocenters. The van der Waals surface area contributed by atoms with Crippen molar-refractivity contribution < 1.29 is 13.2 Å². The number of carbonyl (C=O) groups excluding carboxylic acids is 1. The highest BCUT2D eigenvalue weighted by molar-refractivity contribution is 9.42. The fourth-order valence-electron chi connectivity index (χ4n) is 2.15. The molecule has 0 saturated heterocycles. The molecule has 0 bridgehead atoms. The van der Waals surface area contributed by atoms with Crippen LogP contribution in [0.2, 0.25) is 0 Å². The van der Waals surface area contributed by atoms with Gasteiger partial charge in [0.2, 0.25) is 11.3 Å². The van der Waals surface area contributed by atoms with Crippen LogP contribution in [0.15, 0.2) is 29.2 Å². The van der Waals surface area contributed by atoms with Gasteiger partial charge in [-0.05, 0) is 72.4 Å². The van der Waals surface area contributed by atoms with Crippen LogP contribution in [0, 0.1) is 0 Å². The number of halogens is 3. The maximum Gasteiger partial charge on any atom is 0.251 e. The minimum absolute atomic E-state index is 0.0559. The second kappa shape index (κ2) is 10.3. The van der Waals surface area contributed by atoms with Gasteiger partial charge >= 0.3 is 0 Å². The predicted molar refractivity (Wildman–Crippen MR) is 109 cm³/mol.